The van der Waals surface area contributed by atoms with Gasteiger partial charge < -0.3 is 20.3 Å². The van der Waals surface area contributed by atoms with Crippen LogP contribution in [-0.4, -0.2) is 86.9 Å². The molecule has 1 saturated heterocycles. The fourth-order valence-electron chi connectivity index (χ4n) is 5.27. The van der Waals surface area contributed by atoms with Crippen molar-refractivity contribution in [3.63, 3.8) is 0 Å². The topological polar surface area (TPSA) is 81.8 Å². The molecule has 7 nitrogen and oxygen atoms in total. The molecule has 1 aliphatic rings. The van der Waals surface area contributed by atoms with Crippen LogP contribution in [0.3, 0.4) is 0 Å². The van der Waals surface area contributed by atoms with Crippen molar-refractivity contribution in [3.8, 4) is 0 Å². The van der Waals surface area contributed by atoms with Gasteiger partial charge in [0, 0.05) is 56.7 Å². The van der Waals surface area contributed by atoms with E-state index in [4.69, 9.17) is 0 Å². The molecule has 0 radical (unpaired) electrons. The second-order valence-electron chi connectivity index (χ2n) is 10.7. The lowest BCUT2D eigenvalue weighted by atomic mass is 10.1. The number of unbranched alkanes of at least 4 members (excludes halogenated alkanes) is 9. The molecule has 2 rings (SSSR count). The van der Waals surface area contributed by atoms with Crippen LogP contribution in [0.4, 0.5) is 0 Å². The van der Waals surface area contributed by atoms with Crippen molar-refractivity contribution in [1.82, 2.24) is 20.4 Å². The van der Waals surface area contributed by atoms with E-state index in [9.17, 15) is 14.4 Å². The minimum absolute atomic E-state index is 0.108. The minimum atomic E-state index is -0.407. The molecule has 0 aromatic heterocycles. The van der Waals surface area contributed by atoms with Gasteiger partial charge in [-0.25, -0.2) is 0 Å². The van der Waals surface area contributed by atoms with E-state index in [1.165, 1.54) is 77.4 Å². The van der Waals surface area contributed by atoms with Gasteiger partial charge in [0.1, 0.15) is 12.6 Å². The lowest BCUT2D eigenvalue weighted by Crippen LogP contribution is -2.43. The standard InChI is InChI=1S/C31H52N4O3S/c1-32-31(38)29(16-14-23-36)34(2)25-28-27(26-37)15-13-17-30(28)39-24-12-10-8-6-4-3-5-7-9-11-20-35-21-18-33-19-22-35/h13,15,17,23,26,29,33H,3-12,14,16,18-22,24-25H2,1-2H3,(H,32,38). The predicted octanol–water partition coefficient (Wildman–Crippen LogP) is 4.92. The summed E-state index contributed by atoms with van der Waals surface area (Å²) < 4.78 is 0. The molecule has 0 spiro atoms. The maximum atomic E-state index is 12.4. The summed E-state index contributed by atoms with van der Waals surface area (Å²) in [5, 5.41) is 6.12. The van der Waals surface area contributed by atoms with Crippen LogP contribution in [0.5, 0.6) is 0 Å². The first-order valence-electron chi connectivity index (χ1n) is 15.1. The van der Waals surface area contributed by atoms with Crippen LogP contribution in [0, 0.1) is 0 Å². The van der Waals surface area contributed by atoms with Gasteiger partial charge in [0.05, 0.1) is 6.04 Å². The molecular formula is C31H52N4O3S. The number of amides is 1. The molecule has 1 aromatic rings. The van der Waals surface area contributed by atoms with Crippen molar-refractivity contribution in [2.24, 2.45) is 0 Å². The van der Waals surface area contributed by atoms with Crippen LogP contribution in [0.25, 0.3) is 0 Å². The molecule has 1 aliphatic heterocycles. The molecular weight excluding hydrogens is 508 g/mol. The van der Waals surface area contributed by atoms with Gasteiger partial charge in [-0.05, 0) is 50.2 Å². The highest BCUT2D eigenvalue weighted by atomic mass is 32.2. The van der Waals surface area contributed by atoms with Gasteiger partial charge in [-0.2, -0.15) is 0 Å². The smallest absolute Gasteiger partial charge is 0.237 e. The van der Waals surface area contributed by atoms with E-state index >= 15 is 0 Å². The van der Waals surface area contributed by atoms with Crippen molar-refractivity contribution in [2.75, 3.05) is 52.6 Å². The fraction of sp³-hybridized carbons (Fsp3) is 0.710. The Balaban J connectivity index is 1.63. The number of hydrogen-bond donors (Lipinski definition) is 2. The number of aldehydes is 2. The number of rotatable bonds is 22. The van der Waals surface area contributed by atoms with Gasteiger partial charge in [0.25, 0.3) is 0 Å². The Kier molecular flexibility index (Phi) is 18.1. The number of thioether (sulfide) groups is 1. The molecule has 0 saturated carbocycles. The molecule has 0 aliphatic carbocycles. The summed E-state index contributed by atoms with van der Waals surface area (Å²) in [5.41, 5.74) is 1.63. The zero-order valence-electron chi connectivity index (χ0n) is 24.4. The highest BCUT2D eigenvalue weighted by Gasteiger charge is 2.23. The first-order chi connectivity index (χ1) is 19.1. The number of carbonyl (C=O) groups is 3. The van der Waals surface area contributed by atoms with Gasteiger partial charge in [-0.15, -0.1) is 11.8 Å². The molecule has 220 valence electrons. The van der Waals surface area contributed by atoms with E-state index < -0.39 is 6.04 Å². The number of carbonyl (C=O) groups excluding carboxylic acids is 3. The molecule has 1 fully saturated rings. The third-order valence-corrected chi connectivity index (χ3v) is 8.86. The molecule has 1 unspecified atom stereocenters. The van der Waals surface area contributed by atoms with Crippen LogP contribution in [0.1, 0.15) is 93.0 Å². The van der Waals surface area contributed by atoms with Gasteiger partial charge in [-0.3, -0.25) is 14.5 Å². The van der Waals surface area contributed by atoms with Crippen LogP contribution in [-0.2, 0) is 16.1 Å². The summed E-state index contributed by atoms with van der Waals surface area (Å²) in [5.74, 6) is 0.916. The van der Waals surface area contributed by atoms with Gasteiger partial charge in [0.15, 0.2) is 0 Å². The summed E-state index contributed by atoms with van der Waals surface area (Å²) in [6.45, 7) is 6.49. The van der Waals surface area contributed by atoms with Crippen molar-refractivity contribution in [1.29, 1.82) is 0 Å². The summed E-state index contributed by atoms with van der Waals surface area (Å²) in [6.07, 6.45) is 15.7. The van der Waals surface area contributed by atoms with E-state index in [2.05, 4.69) is 21.6 Å². The average molecular weight is 561 g/mol. The number of likely N-dealkylation sites (N-methyl/N-ethyl adjacent to an activating group) is 2. The second-order valence-corrected chi connectivity index (χ2v) is 11.8. The Morgan fingerprint density at radius 3 is 2.28 bits per heavy atom. The number of piperazine rings is 1. The molecule has 8 heteroatoms. The molecule has 39 heavy (non-hydrogen) atoms. The Morgan fingerprint density at radius 1 is 1.03 bits per heavy atom. The predicted molar refractivity (Wildman–Crippen MR) is 163 cm³/mol. The van der Waals surface area contributed by atoms with E-state index in [0.29, 0.717) is 24.9 Å². The largest absolute Gasteiger partial charge is 0.358 e. The molecule has 1 amide bonds. The monoisotopic (exact) mass is 560 g/mol. The molecule has 0 bridgehead atoms. The van der Waals surface area contributed by atoms with Crippen LogP contribution >= 0.6 is 11.8 Å². The van der Waals surface area contributed by atoms with Crippen molar-refractivity contribution < 1.29 is 14.4 Å². The number of nitrogens with zero attached hydrogens (tertiary/aromatic N) is 2. The van der Waals surface area contributed by atoms with Gasteiger partial charge in [-0.1, -0.05) is 63.5 Å². The summed E-state index contributed by atoms with van der Waals surface area (Å²) in [6, 6.07) is 5.44. The van der Waals surface area contributed by atoms with Crippen molar-refractivity contribution >= 4 is 30.2 Å². The zero-order valence-corrected chi connectivity index (χ0v) is 25.2. The average Bonchev–Trinajstić information content (AvgIpc) is 2.96. The maximum absolute atomic E-state index is 12.4. The highest BCUT2D eigenvalue weighted by Crippen LogP contribution is 2.28. The maximum Gasteiger partial charge on any atom is 0.237 e. The van der Waals surface area contributed by atoms with Gasteiger partial charge in [0.2, 0.25) is 5.91 Å². The van der Waals surface area contributed by atoms with E-state index in [1.54, 1.807) is 18.8 Å². The Morgan fingerprint density at radius 2 is 1.67 bits per heavy atom. The Bertz CT molecular complexity index is 832. The van der Waals surface area contributed by atoms with E-state index in [1.807, 2.05) is 24.1 Å². The quantitative estimate of drug-likeness (QED) is 0.118. The van der Waals surface area contributed by atoms with E-state index in [-0.39, 0.29) is 5.91 Å². The SMILES string of the molecule is CNC(=O)C(CCC=O)N(C)Cc1c(C=O)cccc1SCCCCCCCCCCCCN1CCNCC1. The molecule has 2 N–H and O–H groups in total. The van der Waals surface area contributed by atoms with Crippen LogP contribution in [0.15, 0.2) is 23.1 Å². The Labute approximate surface area is 241 Å². The fourth-order valence-corrected chi connectivity index (χ4v) is 6.37. The third kappa shape index (κ3) is 13.4. The number of hydrogen-bond acceptors (Lipinski definition) is 7. The van der Waals surface area contributed by atoms with Crippen LogP contribution < -0.4 is 10.6 Å². The molecule has 1 aromatic carbocycles. The number of nitrogens with one attached hydrogen (secondary N) is 2. The van der Waals surface area contributed by atoms with Gasteiger partial charge >= 0.3 is 0 Å². The minimum Gasteiger partial charge on any atom is -0.358 e. The number of benzene rings is 1. The van der Waals surface area contributed by atoms with E-state index in [0.717, 1.165) is 48.3 Å². The first kappa shape index (κ1) is 33.5. The lowest BCUT2D eigenvalue weighted by Gasteiger charge is -2.27. The summed E-state index contributed by atoms with van der Waals surface area (Å²) >= 11 is 1.80. The lowest BCUT2D eigenvalue weighted by molar-refractivity contribution is -0.126. The van der Waals surface area contributed by atoms with Crippen molar-refractivity contribution in [3.05, 3.63) is 29.3 Å². The van der Waals surface area contributed by atoms with Crippen molar-refractivity contribution in [2.45, 2.75) is 94.5 Å². The molecule has 1 atom stereocenters. The Hall–Kier alpha value is -1.74. The molecule has 1 heterocycles. The summed E-state index contributed by atoms with van der Waals surface area (Å²) in [7, 11) is 3.50. The second kappa shape index (κ2) is 21.1. The third-order valence-electron chi connectivity index (χ3n) is 7.68. The highest BCUT2D eigenvalue weighted by molar-refractivity contribution is 7.99. The van der Waals surface area contributed by atoms with Crippen LogP contribution in [0.2, 0.25) is 0 Å². The zero-order chi connectivity index (χ0) is 28.1. The first-order valence-corrected chi connectivity index (χ1v) is 16.1. The summed E-state index contributed by atoms with van der Waals surface area (Å²) in [4.78, 5) is 40.7. The normalized spacial score (nSPS) is 14.8.